The van der Waals surface area contributed by atoms with Crippen molar-refractivity contribution in [1.82, 2.24) is 0 Å². The van der Waals surface area contributed by atoms with Gasteiger partial charge in [-0.25, -0.2) is 0 Å². The summed E-state index contributed by atoms with van der Waals surface area (Å²) in [5.41, 5.74) is 0. The Bertz CT molecular complexity index is 328. The minimum atomic E-state index is -0.581. The number of carbonyl (C=O) groups is 4. The molecule has 0 saturated carbocycles. The zero-order valence-electron chi connectivity index (χ0n) is 12.5. The first-order valence-electron chi connectivity index (χ1n) is 6.92. The molecule has 0 saturated heterocycles. The van der Waals surface area contributed by atoms with E-state index in [2.05, 4.69) is 4.74 Å². The third-order valence-electron chi connectivity index (χ3n) is 2.39. The van der Waals surface area contributed by atoms with Crippen LogP contribution in [0, 0.1) is 0 Å². The monoisotopic (exact) mass is 302 g/mol. The summed E-state index contributed by atoms with van der Waals surface area (Å²) < 4.78 is 14.0. The molecule has 7 heteroatoms. The van der Waals surface area contributed by atoms with Crippen LogP contribution in [0.4, 0.5) is 0 Å². The van der Waals surface area contributed by atoms with Gasteiger partial charge in [0.1, 0.15) is 0 Å². The second kappa shape index (κ2) is 11.9. The van der Waals surface area contributed by atoms with Gasteiger partial charge in [-0.05, 0) is 25.7 Å². The Hall–Kier alpha value is -1.92. The fourth-order valence-electron chi connectivity index (χ4n) is 1.40. The number of hydrogen-bond donors (Lipinski definition) is 0. The summed E-state index contributed by atoms with van der Waals surface area (Å²) in [5.74, 6) is -1.88. The smallest absolute Gasteiger partial charge is 0.313 e. The molecule has 120 valence electrons. The number of esters is 4. The van der Waals surface area contributed by atoms with E-state index in [0.29, 0.717) is 25.7 Å². The lowest BCUT2D eigenvalue weighted by molar-refractivity contribution is -0.159. The first-order chi connectivity index (χ1) is 9.91. The van der Waals surface area contributed by atoms with E-state index in [1.807, 2.05) is 0 Å². The lowest BCUT2D eigenvalue weighted by Gasteiger charge is -2.04. The first kappa shape index (κ1) is 19.1. The maximum absolute atomic E-state index is 11.3. The van der Waals surface area contributed by atoms with Gasteiger partial charge < -0.3 is 14.2 Å². The van der Waals surface area contributed by atoms with Crippen LogP contribution in [0.25, 0.3) is 0 Å². The molecule has 0 aliphatic rings. The van der Waals surface area contributed by atoms with Gasteiger partial charge in [0, 0.05) is 26.7 Å². The van der Waals surface area contributed by atoms with Crippen molar-refractivity contribution in [3.05, 3.63) is 0 Å². The van der Waals surface area contributed by atoms with Gasteiger partial charge in [-0.15, -0.1) is 0 Å². The highest BCUT2D eigenvalue weighted by Gasteiger charge is 2.10. The SMILES string of the molecule is CC(=O)OCCCCC(=O)OC(=O)CCCCOC(C)=O. The molecule has 0 rings (SSSR count). The van der Waals surface area contributed by atoms with E-state index >= 15 is 0 Å². The van der Waals surface area contributed by atoms with E-state index in [1.165, 1.54) is 13.8 Å². The zero-order valence-corrected chi connectivity index (χ0v) is 12.5. The molecule has 0 atom stereocenters. The lowest BCUT2D eigenvalue weighted by atomic mass is 10.2. The molecule has 7 nitrogen and oxygen atoms in total. The van der Waals surface area contributed by atoms with Crippen LogP contribution in [0.1, 0.15) is 52.4 Å². The third-order valence-corrected chi connectivity index (χ3v) is 2.39. The number of unbranched alkanes of at least 4 members (excludes halogenated alkanes) is 2. The fourth-order valence-corrected chi connectivity index (χ4v) is 1.40. The summed E-state index contributed by atoms with van der Waals surface area (Å²) >= 11 is 0. The van der Waals surface area contributed by atoms with E-state index in [4.69, 9.17) is 9.47 Å². The Morgan fingerprint density at radius 2 is 1.05 bits per heavy atom. The molecule has 0 amide bonds. The molecule has 0 aromatic carbocycles. The Balaban J connectivity index is 3.50. The maximum Gasteiger partial charge on any atom is 0.313 e. The van der Waals surface area contributed by atoms with E-state index in [-0.39, 0.29) is 38.0 Å². The van der Waals surface area contributed by atoms with Crippen LogP contribution in [0.15, 0.2) is 0 Å². The van der Waals surface area contributed by atoms with Crippen LogP contribution in [0.5, 0.6) is 0 Å². The van der Waals surface area contributed by atoms with E-state index in [9.17, 15) is 19.2 Å². The summed E-state index contributed by atoms with van der Waals surface area (Å²) in [5, 5.41) is 0. The van der Waals surface area contributed by atoms with E-state index in [1.54, 1.807) is 0 Å². The van der Waals surface area contributed by atoms with Crippen molar-refractivity contribution in [2.45, 2.75) is 52.4 Å². The van der Waals surface area contributed by atoms with E-state index < -0.39 is 11.9 Å². The minimum Gasteiger partial charge on any atom is -0.466 e. The molecule has 0 radical (unpaired) electrons. The second-order valence-electron chi connectivity index (χ2n) is 4.44. The Morgan fingerprint density at radius 3 is 1.38 bits per heavy atom. The number of ether oxygens (including phenoxy) is 3. The largest absolute Gasteiger partial charge is 0.466 e. The summed E-state index contributed by atoms with van der Waals surface area (Å²) in [6, 6.07) is 0. The van der Waals surface area contributed by atoms with Crippen molar-refractivity contribution >= 4 is 23.9 Å². The summed E-state index contributed by atoms with van der Waals surface area (Å²) in [6.07, 6.45) is 2.30. The van der Waals surface area contributed by atoms with Crippen molar-refractivity contribution in [3.63, 3.8) is 0 Å². The molecule has 0 fully saturated rings. The Kier molecular flexibility index (Phi) is 10.8. The van der Waals surface area contributed by atoms with Gasteiger partial charge in [-0.1, -0.05) is 0 Å². The molecule has 0 spiro atoms. The molecule has 0 bridgehead atoms. The van der Waals surface area contributed by atoms with Crippen LogP contribution in [-0.4, -0.2) is 37.1 Å². The Labute approximate surface area is 123 Å². The van der Waals surface area contributed by atoms with Gasteiger partial charge in [-0.3, -0.25) is 19.2 Å². The van der Waals surface area contributed by atoms with Crippen LogP contribution >= 0.6 is 0 Å². The highest BCUT2D eigenvalue weighted by molar-refractivity contribution is 5.85. The van der Waals surface area contributed by atoms with Crippen LogP contribution in [0.2, 0.25) is 0 Å². The average Bonchev–Trinajstić information content (AvgIpc) is 2.37. The van der Waals surface area contributed by atoms with Gasteiger partial charge in [0.2, 0.25) is 0 Å². The molecule has 0 unspecified atom stereocenters. The predicted octanol–water partition coefficient (Wildman–Crippen LogP) is 1.52. The van der Waals surface area contributed by atoms with Crippen molar-refractivity contribution in [2.75, 3.05) is 13.2 Å². The quantitative estimate of drug-likeness (QED) is 0.261. The van der Waals surface area contributed by atoms with Gasteiger partial charge in [0.15, 0.2) is 0 Å². The molecule has 21 heavy (non-hydrogen) atoms. The molecule has 0 aromatic heterocycles. The van der Waals surface area contributed by atoms with Gasteiger partial charge in [-0.2, -0.15) is 0 Å². The van der Waals surface area contributed by atoms with Crippen LogP contribution < -0.4 is 0 Å². The van der Waals surface area contributed by atoms with Gasteiger partial charge >= 0.3 is 23.9 Å². The van der Waals surface area contributed by atoms with Crippen LogP contribution in [-0.2, 0) is 33.4 Å². The highest BCUT2D eigenvalue weighted by atomic mass is 16.6. The Morgan fingerprint density at radius 1 is 0.667 bits per heavy atom. The summed E-state index contributed by atoms with van der Waals surface area (Å²) in [7, 11) is 0. The number of carbonyl (C=O) groups excluding carboxylic acids is 4. The zero-order chi connectivity index (χ0) is 16.1. The fraction of sp³-hybridized carbons (Fsp3) is 0.714. The average molecular weight is 302 g/mol. The molecule has 0 aromatic rings. The lowest BCUT2D eigenvalue weighted by Crippen LogP contribution is -2.12. The number of hydrogen-bond acceptors (Lipinski definition) is 7. The van der Waals surface area contributed by atoms with Crippen molar-refractivity contribution < 1.29 is 33.4 Å². The molecule has 0 aliphatic carbocycles. The molecule has 0 aliphatic heterocycles. The second-order valence-corrected chi connectivity index (χ2v) is 4.44. The summed E-state index contributed by atoms with van der Waals surface area (Å²) in [4.78, 5) is 43.6. The standard InChI is InChI=1S/C14H22O7/c1-11(15)19-9-5-3-7-13(17)21-14(18)8-4-6-10-20-12(2)16/h3-10H2,1-2H3. The van der Waals surface area contributed by atoms with Crippen molar-refractivity contribution in [2.24, 2.45) is 0 Å². The molecule has 0 N–H and O–H groups in total. The topological polar surface area (TPSA) is 96.0 Å². The molecular weight excluding hydrogens is 280 g/mol. The summed E-state index contributed by atoms with van der Waals surface area (Å²) in [6.45, 7) is 3.14. The predicted molar refractivity (Wildman–Crippen MR) is 72.1 cm³/mol. The minimum absolute atomic E-state index is 0.112. The van der Waals surface area contributed by atoms with E-state index in [0.717, 1.165) is 0 Å². The first-order valence-corrected chi connectivity index (χ1v) is 6.92. The van der Waals surface area contributed by atoms with Gasteiger partial charge in [0.05, 0.1) is 13.2 Å². The maximum atomic E-state index is 11.3. The number of rotatable bonds is 10. The van der Waals surface area contributed by atoms with Crippen LogP contribution in [0.3, 0.4) is 0 Å². The highest BCUT2D eigenvalue weighted by Crippen LogP contribution is 2.03. The van der Waals surface area contributed by atoms with Crippen molar-refractivity contribution in [3.8, 4) is 0 Å². The third kappa shape index (κ3) is 14.3. The normalized spacial score (nSPS) is 9.81. The van der Waals surface area contributed by atoms with Crippen molar-refractivity contribution in [1.29, 1.82) is 0 Å². The molecular formula is C14H22O7. The molecule has 0 heterocycles. The van der Waals surface area contributed by atoms with Gasteiger partial charge in [0.25, 0.3) is 0 Å².